The fourth-order valence-corrected chi connectivity index (χ4v) is 2.94. The number of carbonyl (C=O) groups is 1. The Balaban J connectivity index is 1.53. The average molecular weight is 367 g/mol. The van der Waals surface area contributed by atoms with E-state index in [1.807, 2.05) is 50.2 Å². The minimum Gasteiger partial charge on any atom is -0.493 e. The molecule has 0 saturated carbocycles. The van der Waals surface area contributed by atoms with Gasteiger partial charge in [0.05, 0.1) is 13.2 Å². The lowest BCUT2D eigenvalue weighted by Crippen LogP contribution is -2.24. The first-order valence-electron chi connectivity index (χ1n) is 9.17. The van der Waals surface area contributed by atoms with Gasteiger partial charge in [0.25, 0.3) is 5.91 Å². The molecular weight excluding hydrogens is 342 g/mol. The maximum Gasteiger partial charge on any atom is 0.287 e. The van der Waals surface area contributed by atoms with Gasteiger partial charge in [0.1, 0.15) is 5.75 Å². The zero-order valence-corrected chi connectivity index (χ0v) is 16.0. The summed E-state index contributed by atoms with van der Waals surface area (Å²) in [4.78, 5) is 12.3. The topological polar surface area (TPSA) is 60.7 Å². The van der Waals surface area contributed by atoms with Crippen molar-refractivity contribution in [2.24, 2.45) is 0 Å². The highest BCUT2D eigenvalue weighted by Crippen LogP contribution is 2.28. The monoisotopic (exact) mass is 367 g/mol. The van der Waals surface area contributed by atoms with E-state index in [0.717, 1.165) is 24.0 Å². The third-order valence-electron chi connectivity index (χ3n) is 4.15. The molecule has 2 aromatic carbocycles. The summed E-state index contributed by atoms with van der Waals surface area (Å²) in [6.45, 7) is 4.59. The molecule has 3 rings (SSSR count). The van der Waals surface area contributed by atoms with Gasteiger partial charge in [0, 0.05) is 11.9 Å². The van der Waals surface area contributed by atoms with Gasteiger partial charge in [-0.3, -0.25) is 4.79 Å². The molecule has 0 aliphatic carbocycles. The van der Waals surface area contributed by atoms with Gasteiger partial charge >= 0.3 is 0 Å². The second kappa shape index (κ2) is 8.62. The van der Waals surface area contributed by atoms with Crippen LogP contribution in [0.1, 0.15) is 36.4 Å². The van der Waals surface area contributed by atoms with Crippen LogP contribution >= 0.6 is 0 Å². The first kappa shape index (κ1) is 18.8. The maximum absolute atomic E-state index is 12.3. The third kappa shape index (κ3) is 4.82. The Labute approximate surface area is 159 Å². The van der Waals surface area contributed by atoms with E-state index in [4.69, 9.17) is 13.9 Å². The van der Waals surface area contributed by atoms with Crippen molar-refractivity contribution >= 4 is 16.9 Å². The lowest BCUT2D eigenvalue weighted by atomic mass is 10.1. The summed E-state index contributed by atoms with van der Waals surface area (Å²) in [6, 6.07) is 15.4. The van der Waals surface area contributed by atoms with Gasteiger partial charge in [-0.15, -0.1) is 0 Å². The van der Waals surface area contributed by atoms with Gasteiger partial charge in [-0.25, -0.2) is 0 Å². The Kier molecular flexibility index (Phi) is 6.01. The molecule has 1 aromatic heterocycles. The van der Waals surface area contributed by atoms with E-state index < -0.39 is 0 Å². The summed E-state index contributed by atoms with van der Waals surface area (Å²) in [5.74, 6) is 1.57. The molecule has 5 nitrogen and oxygen atoms in total. The maximum atomic E-state index is 12.3. The fraction of sp³-hybridized carbons (Fsp3) is 0.318. The van der Waals surface area contributed by atoms with Crippen LogP contribution in [-0.4, -0.2) is 25.7 Å². The van der Waals surface area contributed by atoms with E-state index >= 15 is 0 Å². The molecule has 0 aliphatic rings. The van der Waals surface area contributed by atoms with Crippen LogP contribution in [0.2, 0.25) is 0 Å². The van der Waals surface area contributed by atoms with E-state index in [1.165, 1.54) is 5.56 Å². The van der Waals surface area contributed by atoms with Crippen molar-refractivity contribution in [3.05, 3.63) is 59.9 Å². The molecule has 1 N–H and O–H groups in total. The number of methoxy groups -OCH3 is 1. The first-order chi connectivity index (χ1) is 13.1. The highest BCUT2D eigenvalue weighted by Gasteiger charge is 2.14. The lowest BCUT2D eigenvalue weighted by Gasteiger charge is -2.11. The summed E-state index contributed by atoms with van der Waals surface area (Å²) < 4.78 is 16.6. The van der Waals surface area contributed by atoms with E-state index in [2.05, 4.69) is 11.4 Å². The number of hydrogen-bond donors (Lipinski definition) is 1. The largest absolute Gasteiger partial charge is 0.493 e. The quantitative estimate of drug-likeness (QED) is 0.592. The minimum absolute atomic E-state index is 0.155. The van der Waals surface area contributed by atoms with Crippen molar-refractivity contribution in [2.75, 3.05) is 13.7 Å². The van der Waals surface area contributed by atoms with Gasteiger partial charge in [0.15, 0.2) is 17.1 Å². The molecule has 142 valence electrons. The summed E-state index contributed by atoms with van der Waals surface area (Å²) in [5, 5.41) is 3.76. The van der Waals surface area contributed by atoms with Crippen molar-refractivity contribution in [1.29, 1.82) is 0 Å². The zero-order chi connectivity index (χ0) is 19.2. The van der Waals surface area contributed by atoms with Crippen molar-refractivity contribution in [2.45, 2.75) is 32.8 Å². The fourth-order valence-electron chi connectivity index (χ4n) is 2.94. The van der Waals surface area contributed by atoms with Crippen LogP contribution in [0.15, 0.2) is 52.9 Å². The van der Waals surface area contributed by atoms with E-state index in [9.17, 15) is 4.79 Å². The summed E-state index contributed by atoms with van der Waals surface area (Å²) in [7, 11) is 1.58. The molecule has 0 bridgehead atoms. The molecule has 1 amide bonds. The molecule has 0 unspecified atom stereocenters. The summed E-state index contributed by atoms with van der Waals surface area (Å²) in [5.41, 5.74) is 1.78. The number of carbonyl (C=O) groups excluding carboxylic acids is 1. The molecule has 0 spiro atoms. The van der Waals surface area contributed by atoms with Gasteiger partial charge in [-0.1, -0.05) is 24.3 Å². The molecule has 0 atom stereocenters. The van der Waals surface area contributed by atoms with E-state index in [0.29, 0.717) is 23.6 Å². The highest BCUT2D eigenvalue weighted by atomic mass is 16.5. The highest BCUT2D eigenvalue weighted by molar-refractivity contribution is 5.97. The number of furan rings is 1. The number of rotatable bonds is 8. The van der Waals surface area contributed by atoms with Crippen LogP contribution in [0.3, 0.4) is 0 Å². The Bertz CT molecular complexity index is 914. The van der Waals surface area contributed by atoms with Crippen LogP contribution in [-0.2, 0) is 6.42 Å². The Morgan fingerprint density at radius 3 is 2.74 bits per heavy atom. The molecule has 1 heterocycles. The standard InChI is InChI=1S/C22H25NO4/c1-15(2)26-18-10-4-7-16(13-18)8-6-12-23-22(24)20-14-17-9-5-11-19(25-3)21(17)27-20/h4-5,7,9-11,13-15H,6,8,12H2,1-3H3,(H,23,24). The van der Waals surface area contributed by atoms with Gasteiger partial charge in [0.2, 0.25) is 0 Å². The predicted molar refractivity (Wildman–Crippen MR) is 106 cm³/mol. The van der Waals surface area contributed by atoms with Gasteiger partial charge in [-0.2, -0.15) is 0 Å². The van der Waals surface area contributed by atoms with Crippen molar-refractivity contribution in [3.8, 4) is 11.5 Å². The number of ether oxygens (including phenoxy) is 2. The summed E-state index contributed by atoms with van der Waals surface area (Å²) in [6.07, 6.45) is 1.85. The third-order valence-corrected chi connectivity index (χ3v) is 4.15. The van der Waals surface area contributed by atoms with E-state index in [1.54, 1.807) is 13.2 Å². The molecule has 0 aliphatic heterocycles. The van der Waals surface area contributed by atoms with Crippen LogP contribution in [0, 0.1) is 0 Å². The Morgan fingerprint density at radius 2 is 1.96 bits per heavy atom. The second-order valence-corrected chi connectivity index (χ2v) is 6.66. The molecule has 5 heteroatoms. The van der Waals surface area contributed by atoms with Gasteiger partial charge in [-0.05, 0) is 56.5 Å². The second-order valence-electron chi connectivity index (χ2n) is 6.66. The molecule has 0 saturated heterocycles. The van der Waals surface area contributed by atoms with E-state index in [-0.39, 0.29) is 12.0 Å². The molecule has 27 heavy (non-hydrogen) atoms. The van der Waals surface area contributed by atoms with Crippen molar-refractivity contribution in [1.82, 2.24) is 5.32 Å². The number of benzene rings is 2. The van der Waals surface area contributed by atoms with Crippen molar-refractivity contribution in [3.63, 3.8) is 0 Å². The molecule has 0 fully saturated rings. The smallest absolute Gasteiger partial charge is 0.287 e. The predicted octanol–water partition coefficient (Wildman–Crippen LogP) is 4.59. The number of amides is 1. The Hall–Kier alpha value is -2.95. The van der Waals surface area contributed by atoms with Crippen LogP contribution in [0.5, 0.6) is 11.5 Å². The number of hydrogen-bond acceptors (Lipinski definition) is 4. The molecule has 0 radical (unpaired) electrons. The average Bonchev–Trinajstić information content (AvgIpc) is 3.09. The summed E-state index contributed by atoms with van der Waals surface area (Å²) >= 11 is 0. The van der Waals surface area contributed by atoms with Crippen molar-refractivity contribution < 1.29 is 18.7 Å². The van der Waals surface area contributed by atoms with Gasteiger partial charge < -0.3 is 19.2 Å². The van der Waals surface area contributed by atoms with Crippen LogP contribution < -0.4 is 14.8 Å². The van der Waals surface area contributed by atoms with Crippen LogP contribution in [0.4, 0.5) is 0 Å². The number of nitrogens with one attached hydrogen (secondary N) is 1. The minimum atomic E-state index is -0.217. The first-order valence-corrected chi connectivity index (χ1v) is 9.17. The number of fused-ring (bicyclic) bond motifs is 1. The number of para-hydroxylation sites is 1. The number of aryl methyl sites for hydroxylation is 1. The Morgan fingerprint density at radius 1 is 1.15 bits per heavy atom. The molecular formula is C22H25NO4. The SMILES string of the molecule is COc1cccc2cc(C(=O)NCCCc3cccc(OC(C)C)c3)oc12. The zero-order valence-electron chi connectivity index (χ0n) is 16.0. The molecule has 3 aromatic rings. The lowest BCUT2D eigenvalue weighted by molar-refractivity contribution is 0.0927. The van der Waals surface area contributed by atoms with Crippen LogP contribution in [0.25, 0.3) is 11.0 Å². The normalized spacial score (nSPS) is 11.0.